The van der Waals surface area contributed by atoms with Crippen LogP contribution in [-0.2, 0) is 0 Å². The number of nitrogens with zero attached hydrogens (tertiary/aromatic N) is 1. The standard InChI is InChI=1S/C9H17NO4/c1-7(2-5-11)9(14)3-4-10(6-9)8(12)13/h7,11,14H,2-6H2,1H3,(H,12,13). The molecule has 0 aromatic heterocycles. The summed E-state index contributed by atoms with van der Waals surface area (Å²) in [5.74, 6) is -0.0724. The van der Waals surface area contributed by atoms with Crippen LogP contribution in [0.2, 0.25) is 0 Å². The van der Waals surface area contributed by atoms with E-state index in [9.17, 15) is 9.90 Å². The van der Waals surface area contributed by atoms with Gasteiger partial charge in [0, 0.05) is 13.2 Å². The Bertz CT molecular complexity index is 221. The third kappa shape index (κ3) is 2.16. The van der Waals surface area contributed by atoms with Crippen LogP contribution >= 0.6 is 0 Å². The van der Waals surface area contributed by atoms with E-state index in [0.29, 0.717) is 19.4 Å². The van der Waals surface area contributed by atoms with Crippen LogP contribution in [0.25, 0.3) is 0 Å². The minimum Gasteiger partial charge on any atom is -0.465 e. The van der Waals surface area contributed by atoms with Crippen LogP contribution in [0.15, 0.2) is 0 Å². The van der Waals surface area contributed by atoms with E-state index in [4.69, 9.17) is 10.2 Å². The van der Waals surface area contributed by atoms with Crippen molar-refractivity contribution in [3.63, 3.8) is 0 Å². The zero-order valence-corrected chi connectivity index (χ0v) is 8.31. The minimum atomic E-state index is -0.989. The van der Waals surface area contributed by atoms with Gasteiger partial charge in [-0.15, -0.1) is 0 Å². The van der Waals surface area contributed by atoms with E-state index in [1.807, 2.05) is 6.92 Å². The van der Waals surface area contributed by atoms with Crippen molar-refractivity contribution in [1.82, 2.24) is 4.90 Å². The maximum Gasteiger partial charge on any atom is 0.407 e. The Labute approximate surface area is 83.0 Å². The van der Waals surface area contributed by atoms with E-state index in [1.54, 1.807) is 0 Å². The van der Waals surface area contributed by atoms with Crippen molar-refractivity contribution in [2.75, 3.05) is 19.7 Å². The molecule has 14 heavy (non-hydrogen) atoms. The van der Waals surface area contributed by atoms with Crippen molar-refractivity contribution < 1.29 is 20.1 Å². The molecule has 82 valence electrons. The fourth-order valence-electron chi connectivity index (χ4n) is 1.85. The molecule has 0 aromatic carbocycles. The molecule has 5 nitrogen and oxygen atoms in total. The Kier molecular flexibility index (Phi) is 3.34. The molecule has 2 atom stereocenters. The van der Waals surface area contributed by atoms with Crippen LogP contribution in [-0.4, -0.2) is 51.6 Å². The van der Waals surface area contributed by atoms with Crippen LogP contribution in [0.4, 0.5) is 4.79 Å². The van der Waals surface area contributed by atoms with Gasteiger partial charge in [-0.25, -0.2) is 4.79 Å². The number of hydrogen-bond acceptors (Lipinski definition) is 3. The van der Waals surface area contributed by atoms with Gasteiger partial charge in [-0.2, -0.15) is 0 Å². The molecule has 0 saturated carbocycles. The molecule has 1 rings (SSSR count). The smallest absolute Gasteiger partial charge is 0.407 e. The number of carbonyl (C=O) groups is 1. The third-order valence-corrected chi connectivity index (χ3v) is 3.03. The molecule has 1 saturated heterocycles. The van der Waals surface area contributed by atoms with Crippen molar-refractivity contribution in [2.45, 2.75) is 25.4 Å². The second-order valence-electron chi connectivity index (χ2n) is 3.97. The molecular formula is C9H17NO4. The summed E-state index contributed by atoms with van der Waals surface area (Å²) < 4.78 is 0. The summed E-state index contributed by atoms with van der Waals surface area (Å²) >= 11 is 0. The fraction of sp³-hybridized carbons (Fsp3) is 0.889. The van der Waals surface area contributed by atoms with Gasteiger partial charge in [0.05, 0.1) is 12.1 Å². The first-order chi connectivity index (χ1) is 6.49. The Morgan fingerprint density at radius 1 is 1.64 bits per heavy atom. The average Bonchev–Trinajstić information content (AvgIpc) is 2.50. The van der Waals surface area contributed by atoms with Crippen molar-refractivity contribution in [1.29, 1.82) is 0 Å². The van der Waals surface area contributed by atoms with Crippen LogP contribution < -0.4 is 0 Å². The van der Waals surface area contributed by atoms with Crippen molar-refractivity contribution >= 4 is 6.09 Å². The average molecular weight is 203 g/mol. The topological polar surface area (TPSA) is 81.0 Å². The molecule has 0 aliphatic carbocycles. The van der Waals surface area contributed by atoms with Gasteiger partial charge in [0.15, 0.2) is 0 Å². The highest BCUT2D eigenvalue weighted by atomic mass is 16.4. The lowest BCUT2D eigenvalue weighted by atomic mass is 9.86. The quantitative estimate of drug-likeness (QED) is 0.608. The number of aliphatic hydroxyl groups is 2. The number of amides is 1. The van der Waals surface area contributed by atoms with Crippen LogP contribution in [0.5, 0.6) is 0 Å². The molecule has 3 N–H and O–H groups in total. The summed E-state index contributed by atoms with van der Waals surface area (Å²) in [5.41, 5.74) is -0.957. The van der Waals surface area contributed by atoms with E-state index < -0.39 is 11.7 Å². The van der Waals surface area contributed by atoms with Gasteiger partial charge < -0.3 is 20.2 Å². The molecule has 0 spiro atoms. The predicted molar refractivity (Wildman–Crippen MR) is 50.0 cm³/mol. The van der Waals surface area contributed by atoms with E-state index in [-0.39, 0.29) is 19.1 Å². The second kappa shape index (κ2) is 4.14. The Balaban J connectivity index is 2.56. The summed E-state index contributed by atoms with van der Waals surface area (Å²) in [6.07, 6.45) is -0.0261. The monoisotopic (exact) mass is 203 g/mol. The van der Waals surface area contributed by atoms with Crippen LogP contribution in [0.3, 0.4) is 0 Å². The molecular weight excluding hydrogens is 186 g/mol. The van der Waals surface area contributed by atoms with Gasteiger partial charge in [-0.05, 0) is 18.8 Å². The molecule has 1 aliphatic rings. The first-order valence-corrected chi connectivity index (χ1v) is 4.81. The third-order valence-electron chi connectivity index (χ3n) is 3.03. The van der Waals surface area contributed by atoms with E-state index >= 15 is 0 Å². The van der Waals surface area contributed by atoms with Gasteiger partial charge >= 0.3 is 6.09 Å². The minimum absolute atomic E-state index is 0.0244. The van der Waals surface area contributed by atoms with E-state index in [2.05, 4.69) is 0 Å². The highest BCUT2D eigenvalue weighted by Crippen LogP contribution is 2.30. The molecule has 1 fully saturated rings. The SMILES string of the molecule is CC(CCO)C1(O)CCN(C(=O)O)C1. The number of likely N-dealkylation sites (tertiary alicyclic amines) is 1. The number of β-amino-alcohol motifs (C(OH)–C–C–N with tert-alkyl or cyclic N) is 1. The lowest BCUT2D eigenvalue weighted by molar-refractivity contribution is -0.00971. The lowest BCUT2D eigenvalue weighted by Crippen LogP contribution is -2.41. The molecule has 1 amide bonds. The number of aliphatic hydroxyl groups excluding tert-OH is 1. The summed E-state index contributed by atoms with van der Waals surface area (Å²) in [4.78, 5) is 11.9. The van der Waals surface area contributed by atoms with Gasteiger partial charge in [-0.3, -0.25) is 0 Å². The number of rotatable bonds is 3. The highest BCUT2D eigenvalue weighted by Gasteiger charge is 2.41. The molecule has 1 heterocycles. The van der Waals surface area contributed by atoms with Crippen molar-refractivity contribution in [2.24, 2.45) is 5.92 Å². The molecule has 0 bridgehead atoms. The normalized spacial score (nSPS) is 29.2. The van der Waals surface area contributed by atoms with Crippen molar-refractivity contribution in [3.05, 3.63) is 0 Å². The molecule has 0 radical (unpaired) electrons. The molecule has 5 heteroatoms. The molecule has 2 unspecified atom stereocenters. The van der Waals surface area contributed by atoms with Gasteiger partial charge in [0.25, 0.3) is 0 Å². The maximum atomic E-state index is 10.6. The Morgan fingerprint density at radius 3 is 2.71 bits per heavy atom. The highest BCUT2D eigenvalue weighted by molar-refractivity contribution is 5.65. The van der Waals surface area contributed by atoms with Gasteiger partial charge in [0.1, 0.15) is 0 Å². The maximum absolute atomic E-state index is 10.6. The van der Waals surface area contributed by atoms with E-state index in [1.165, 1.54) is 4.90 Å². The molecule has 0 aromatic rings. The zero-order valence-electron chi connectivity index (χ0n) is 8.31. The van der Waals surface area contributed by atoms with Crippen LogP contribution in [0, 0.1) is 5.92 Å². The summed E-state index contributed by atoms with van der Waals surface area (Å²) in [6.45, 7) is 2.39. The summed E-state index contributed by atoms with van der Waals surface area (Å²) in [5, 5.41) is 27.6. The summed E-state index contributed by atoms with van der Waals surface area (Å²) in [7, 11) is 0. The fourth-order valence-corrected chi connectivity index (χ4v) is 1.85. The zero-order chi connectivity index (χ0) is 10.8. The summed E-state index contributed by atoms with van der Waals surface area (Å²) in [6, 6.07) is 0. The van der Waals surface area contributed by atoms with Gasteiger partial charge in [0.2, 0.25) is 0 Å². The van der Waals surface area contributed by atoms with Gasteiger partial charge in [-0.1, -0.05) is 6.92 Å². The Hall–Kier alpha value is -0.810. The van der Waals surface area contributed by atoms with Crippen LogP contribution in [0.1, 0.15) is 19.8 Å². The van der Waals surface area contributed by atoms with Crippen molar-refractivity contribution in [3.8, 4) is 0 Å². The largest absolute Gasteiger partial charge is 0.465 e. The Morgan fingerprint density at radius 2 is 2.29 bits per heavy atom. The second-order valence-corrected chi connectivity index (χ2v) is 3.97. The molecule has 1 aliphatic heterocycles. The first kappa shape index (κ1) is 11.3. The predicted octanol–water partition coefficient (Wildman–Crippen LogP) is 0.120. The number of carboxylic acid groups (broad SMARTS) is 1. The number of hydrogen-bond donors (Lipinski definition) is 3. The lowest BCUT2D eigenvalue weighted by Gasteiger charge is -2.29. The first-order valence-electron chi connectivity index (χ1n) is 4.81. The van der Waals surface area contributed by atoms with E-state index in [0.717, 1.165) is 0 Å².